The van der Waals surface area contributed by atoms with Gasteiger partial charge in [-0.25, -0.2) is 0 Å². The van der Waals surface area contributed by atoms with Crippen molar-refractivity contribution in [3.05, 3.63) is 183 Å². The molecule has 0 radical (unpaired) electrons. The molecule has 1 saturated carbocycles. The molecular formula is C96H107N5O35S2. The zero-order chi connectivity index (χ0) is 104. The summed E-state index contributed by atoms with van der Waals surface area (Å²) in [6, 6.07) is 24.8. The van der Waals surface area contributed by atoms with Crippen molar-refractivity contribution in [2.45, 2.75) is 104 Å². The van der Waals surface area contributed by atoms with Gasteiger partial charge in [0.25, 0.3) is 0 Å². The molecule has 3 fully saturated rings. The van der Waals surface area contributed by atoms with Crippen LogP contribution in [0.5, 0.6) is 138 Å². The number of rotatable bonds is 17. The van der Waals surface area contributed by atoms with Crippen LogP contribution < -0.4 is 20.4 Å². The van der Waals surface area contributed by atoms with Crippen LogP contribution in [0.25, 0.3) is 0 Å². The molecule has 138 heavy (non-hydrogen) atoms. The number of thiol groups is 1. The number of aromatic hydroxyl groups is 24. The maximum absolute atomic E-state index is 12.1. The monoisotopic (exact) mass is 1950 g/mol. The maximum Gasteiger partial charge on any atom is 0.221 e. The molecule has 10 aromatic rings. The average Bonchev–Trinajstić information content (AvgIpc) is 1.41. The lowest BCUT2D eigenvalue weighted by molar-refractivity contribution is -0.119. The Morgan fingerprint density at radius 1 is 0.362 bits per heavy atom. The molecule has 1 unspecified atom stereocenters. The van der Waals surface area contributed by atoms with Crippen LogP contribution in [0.4, 0.5) is 17.1 Å². The Morgan fingerprint density at radius 2 is 0.638 bits per heavy atom. The van der Waals surface area contributed by atoms with E-state index in [1.54, 1.807) is 19.1 Å². The van der Waals surface area contributed by atoms with E-state index in [2.05, 4.69) is 45.0 Å². The van der Waals surface area contributed by atoms with E-state index in [-0.39, 0.29) is 201 Å². The van der Waals surface area contributed by atoms with Gasteiger partial charge in [0.05, 0.1) is 5.92 Å². The summed E-state index contributed by atoms with van der Waals surface area (Å²) < 4.78 is 0. The second kappa shape index (κ2) is 50.8. The van der Waals surface area contributed by atoms with Crippen LogP contribution in [0.2, 0.25) is 0 Å². The molecule has 42 heteroatoms. The topological polar surface area (TPSA) is 707 Å². The van der Waals surface area contributed by atoms with Gasteiger partial charge in [0, 0.05) is 189 Å². The van der Waals surface area contributed by atoms with Gasteiger partial charge >= 0.3 is 0 Å². The molecule has 2 aliphatic heterocycles. The standard InChI is InChI=1S/C16H16O6.C13H18N2O3.C12H16N2O3.C12H12O5.C10H11NO4.C9H10O3S.2C8H8O4.C8H8O3S/c1-8-4-12(19)10(13(20)5-8)2-3-11(18)16-14(21)6-9(17)7-15(16)22;1-9(16)13-11(17)7-10(8-12(13)18)15-5-3-14(2)4-6-15;1-8(15)12-10(16)6-9(7-11(12)17)14-4-2-13-3-5-14;13-6-4-9(15)11(10(16)5-6)12(17)7-2-1-3-8(7)14;1-5(12)10-8(14)3-7(4-9(10)15)11-6(2)13;1-5(10)9-7(11)3-6(13-2)4-8(9)12;2*1-4(9)8-6(11)2-5(10)3-7(8)12;1-4(9)8-6(10)2-5(12)3-7(8)11/h4-7,17,19-22H,2-3H2,1H3;7-8,17-18H,3-6H2,1-2H3;6-7,13,16-17H,2-5H2,1H3;4-5,7,13,15-16H,1-3H2;3-4,14-15H,1-2H3,(H,11,13);3-4,11-12H,1-2H3;3*2-3,10-12H,1H3. The van der Waals surface area contributed by atoms with Crippen molar-refractivity contribution >= 4 is 105 Å². The van der Waals surface area contributed by atoms with Crippen molar-refractivity contribution in [3.8, 4) is 138 Å². The van der Waals surface area contributed by atoms with Gasteiger partial charge in [0.15, 0.2) is 52.0 Å². The fourth-order valence-corrected chi connectivity index (χ4v) is 14.6. The second-order valence-corrected chi connectivity index (χ2v) is 32.4. The molecule has 738 valence electrons. The van der Waals surface area contributed by atoms with Crippen LogP contribution in [-0.2, 0) is 16.0 Å². The van der Waals surface area contributed by atoms with E-state index in [1.165, 1.54) is 128 Å². The molecule has 0 spiro atoms. The number of carbonyl (C=O) groups is 11. The molecule has 10 aromatic carbocycles. The van der Waals surface area contributed by atoms with Crippen molar-refractivity contribution in [1.29, 1.82) is 0 Å². The third kappa shape index (κ3) is 31.7. The smallest absolute Gasteiger partial charge is 0.221 e. The number of phenols is 24. The lowest BCUT2D eigenvalue weighted by Crippen LogP contribution is -2.44. The minimum atomic E-state index is -0.781. The largest absolute Gasteiger partial charge is 0.508 e. The number of hydrogen-bond donors (Lipinski definition) is 27. The maximum atomic E-state index is 12.1. The Kier molecular flexibility index (Phi) is 41.3. The number of phenolic OH excluding ortho intramolecular Hbond substituents is 24. The van der Waals surface area contributed by atoms with Crippen molar-refractivity contribution < 1.29 is 175 Å². The van der Waals surface area contributed by atoms with Gasteiger partial charge in [-0.15, -0.1) is 24.4 Å². The van der Waals surface area contributed by atoms with Crippen molar-refractivity contribution in [2.24, 2.45) is 5.92 Å². The number of carbonyl (C=O) groups excluding carboxylic acids is 11. The predicted octanol–water partition coefficient (Wildman–Crippen LogP) is 12.3. The van der Waals surface area contributed by atoms with Gasteiger partial charge < -0.3 is 148 Å². The Hall–Kier alpha value is -16.2. The van der Waals surface area contributed by atoms with Gasteiger partial charge in [0.1, 0.15) is 194 Å². The number of benzene rings is 10. The van der Waals surface area contributed by atoms with Crippen molar-refractivity contribution in [3.63, 3.8) is 0 Å². The van der Waals surface area contributed by atoms with E-state index in [4.69, 9.17) is 35.7 Å². The third-order valence-corrected chi connectivity index (χ3v) is 21.2. The van der Waals surface area contributed by atoms with E-state index < -0.39 is 80.8 Å². The lowest BCUT2D eigenvalue weighted by Gasteiger charge is -2.34. The normalized spacial score (nSPS) is 12.8. The second-order valence-electron chi connectivity index (χ2n) is 31.0. The Balaban J connectivity index is 0.000000276. The highest BCUT2D eigenvalue weighted by molar-refractivity contribution is 7.98. The summed E-state index contributed by atoms with van der Waals surface area (Å²) in [7, 11) is 2.06. The number of likely N-dealkylation sites (N-methyl/N-ethyl adjacent to an activating group) is 1. The van der Waals surface area contributed by atoms with E-state index in [1.807, 2.05) is 6.26 Å². The quantitative estimate of drug-likeness (QED) is 0.0174. The van der Waals surface area contributed by atoms with Crippen LogP contribution >= 0.6 is 24.4 Å². The average molecular weight is 1960 g/mol. The Bertz CT molecular complexity index is 5850. The molecule has 1 aliphatic carbocycles. The first-order chi connectivity index (χ1) is 64.4. The summed E-state index contributed by atoms with van der Waals surface area (Å²) >= 11 is 5.29. The summed E-state index contributed by atoms with van der Waals surface area (Å²) in [6.45, 7) is 18.8. The number of Topliss-reactive ketones (excluding diaryl/α,β-unsaturated/α-hetero) is 10. The Labute approximate surface area is 798 Å². The number of thioether (sulfide) groups is 1. The summed E-state index contributed by atoms with van der Waals surface area (Å²) in [5.41, 5.74) is 1.45. The first-order valence-corrected chi connectivity index (χ1v) is 43.0. The van der Waals surface area contributed by atoms with E-state index in [0.29, 0.717) is 29.7 Å². The number of anilines is 3. The molecule has 0 aromatic heterocycles. The summed E-state index contributed by atoms with van der Waals surface area (Å²) in [4.78, 5) is 131. The highest BCUT2D eigenvalue weighted by Gasteiger charge is 2.35. The predicted molar refractivity (Wildman–Crippen MR) is 507 cm³/mol. The summed E-state index contributed by atoms with van der Waals surface area (Å²) in [5, 5.41) is 231. The first kappa shape index (κ1) is 112. The van der Waals surface area contributed by atoms with Gasteiger partial charge in [0.2, 0.25) is 5.91 Å². The van der Waals surface area contributed by atoms with Gasteiger partial charge in [-0.2, -0.15) is 0 Å². The fourth-order valence-electron chi connectivity index (χ4n) is 13.9. The van der Waals surface area contributed by atoms with Crippen LogP contribution in [0.1, 0.15) is 185 Å². The SMILES string of the molecule is CC(=O)Nc1cc(O)c(C(C)=O)c(O)c1.CC(=O)c1c(O)cc(N2CCN(C)CC2)cc1O.CC(=O)c1c(O)cc(N2CCNCC2)cc1O.CC(=O)c1c(O)cc(O)cc1O.CC(=O)c1c(O)cc(O)cc1O.CC(=O)c1c(O)cc(S)cc1O.CSc1cc(O)c(C(C)=O)c(O)c1.Cc1cc(O)c(CCC(=O)c2c(O)cc(O)cc2O)c(O)c1.O=C1CCCC1C(=O)c1c(O)cc(O)cc1O. The molecule has 2 heterocycles. The minimum absolute atomic E-state index is 0.00659. The number of piperazine rings is 2. The number of aryl methyl sites for hydroxylation is 1. The van der Waals surface area contributed by atoms with E-state index in [9.17, 15) is 140 Å². The highest BCUT2D eigenvalue weighted by Crippen LogP contribution is 2.43. The zero-order valence-electron chi connectivity index (χ0n) is 76.2. The van der Waals surface area contributed by atoms with Crippen LogP contribution in [-0.4, -0.2) is 257 Å². The number of hydrogen-bond acceptors (Lipinski definition) is 41. The molecular weight excluding hydrogens is 1850 g/mol. The number of ketones is 10. The van der Waals surface area contributed by atoms with Gasteiger partial charge in [-0.1, -0.05) is 0 Å². The molecule has 2 saturated heterocycles. The van der Waals surface area contributed by atoms with Crippen LogP contribution in [0, 0.1) is 12.8 Å². The van der Waals surface area contributed by atoms with E-state index >= 15 is 0 Å². The Morgan fingerprint density at radius 3 is 0.928 bits per heavy atom. The van der Waals surface area contributed by atoms with Crippen LogP contribution in [0.3, 0.4) is 0 Å². The van der Waals surface area contributed by atoms with Crippen molar-refractivity contribution in [1.82, 2.24) is 10.2 Å². The minimum Gasteiger partial charge on any atom is -0.508 e. The van der Waals surface area contributed by atoms with Crippen LogP contribution in [0.15, 0.2) is 131 Å². The third-order valence-electron chi connectivity index (χ3n) is 20.2. The van der Waals surface area contributed by atoms with E-state index in [0.717, 1.165) is 117 Å². The first-order valence-electron chi connectivity index (χ1n) is 41.3. The molecule has 1 atom stereocenters. The molecule has 0 bridgehead atoms. The summed E-state index contributed by atoms with van der Waals surface area (Å²) in [6.07, 6.45) is 3.16. The van der Waals surface area contributed by atoms with Crippen molar-refractivity contribution in [2.75, 3.05) is 80.8 Å². The number of amides is 1. The van der Waals surface area contributed by atoms with Gasteiger partial charge in [-0.3, -0.25) is 52.7 Å². The fraction of sp³-hybridized carbons (Fsp3) is 0.260. The molecule has 40 nitrogen and oxygen atoms in total. The molecule has 26 N–H and O–H groups in total. The highest BCUT2D eigenvalue weighted by atomic mass is 32.2. The lowest BCUT2D eigenvalue weighted by atomic mass is 9.94. The molecule has 1 amide bonds. The number of nitrogens with one attached hydrogen (secondary N) is 2. The van der Waals surface area contributed by atoms with Gasteiger partial charge in [-0.05, 0) is 130 Å². The zero-order valence-corrected chi connectivity index (χ0v) is 77.9. The molecule has 3 aliphatic rings. The number of nitrogens with zero attached hydrogens (tertiary/aromatic N) is 3. The summed E-state index contributed by atoms with van der Waals surface area (Å²) in [5.74, 6) is -12.6. The molecule has 13 rings (SSSR count).